The smallest absolute Gasteiger partial charge is 0.338 e. The first kappa shape index (κ1) is 14.8. The normalized spacial score (nSPS) is 20.0. The number of hydrogen-bond acceptors (Lipinski definition) is 3. The van der Waals surface area contributed by atoms with E-state index in [-0.39, 0.29) is 19.5 Å². The molecule has 1 unspecified atom stereocenters. The van der Waals surface area contributed by atoms with Gasteiger partial charge in [0.15, 0.2) is 0 Å². The number of rotatable bonds is 2. The Bertz CT molecular complexity index is 490. The zero-order valence-corrected chi connectivity index (χ0v) is 10.9. The highest BCUT2D eigenvalue weighted by Crippen LogP contribution is 2.33. The first-order chi connectivity index (χ1) is 9.41. The Morgan fingerprint density at radius 1 is 1.50 bits per heavy atom. The van der Waals surface area contributed by atoms with Crippen LogP contribution in [-0.2, 0) is 6.54 Å². The number of halogens is 3. The number of nitrogens with two attached hydrogens (primary N) is 1. The van der Waals surface area contributed by atoms with E-state index in [4.69, 9.17) is 5.73 Å². The molecule has 1 amide bonds. The third-order valence-electron chi connectivity index (χ3n) is 3.44. The molecule has 1 aromatic heterocycles. The van der Waals surface area contributed by atoms with Gasteiger partial charge in [-0.05, 0) is 25.0 Å². The van der Waals surface area contributed by atoms with Crippen LogP contribution >= 0.6 is 0 Å². The molecule has 1 aliphatic heterocycles. The van der Waals surface area contributed by atoms with E-state index in [2.05, 4.69) is 4.98 Å². The fourth-order valence-electron chi connectivity index (χ4n) is 2.33. The molecule has 1 aromatic rings. The molecule has 4 nitrogen and oxygen atoms in total. The van der Waals surface area contributed by atoms with Crippen molar-refractivity contribution in [1.82, 2.24) is 9.88 Å². The van der Waals surface area contributed by atoms with E-state index < -0.39 is 18.0 Å². The van der Waals surface area contributed by atoms with Gasteiger partial charge in [0.25, 0.3) is 5.91 Å². The molecule has 1 atom stereocenters. The Labute approximate surface area is 114 Å². The predicted molar refractivity (Wildman–Crippen MR) is 66.8 cm³/mol. The van der Waals surface area contributed by atoms with Gasteiger partial charge in [0.05, 0.1) is 11.6 Å². The first-order valence-electron chi connectivity index (χ1n) is 6.43. The molecule has 0 bridgehead atoms. The van der Waals surface area contributed by atoms with Gasteiger partial charge in [0.2, 0.25) is 0 Å². The van der Waals surface area contributed by atoms with Crippen molar-refractivity contribution in [3.63, 3.8) is 0 Å². The van der Waals surface area contributed by atoms with Gasteiger partial charge < -0.3 is 10.6 Å². The molecule has 1 fully saturated rings. The monoisotopic (exact) mass is 287 g/mol. The van der Waals surface area contributed by atoms with Gasteiger partial charge in [-0.2, -0.15) is 13.2 Å². The molecular formula is C13H16F3N3O. The topological polar surface area (TPSA) is 59.2 Å². The van der Waals surface area contributed by atoms with E-state index in [9.17, 15) is 18.0 Å². The lowest BCUT2D eigenvalue weighted by Crippen LogP contribution is -2.44. The van der Waals surface area contributed by atoms with Crippen molar-refractivity contribution in [3.8, 4) is 0 Å². The Kier molecular flexibility index (Phi) is 4.27. The first-order valence-corrected chi connectivity index (χ1v) is 6.43. The molecule has 2 N–H and O–H groups in total. The SMILES string of the molecule is NCc1cc(C(=O)N2CCCC(C(F)(F)F)C2)ccn1. The maximum atomic E-state index is 12.7. The summed E-state index contributed by atoms with van der Waals surface area (Å²) < 4.78 is 38.2. The summed E-state index contributed by atoms with van der Waals surface area (Å²) in [6, 6.07) is 3.03. The van der Waals surface area contributed by atoms with Crippen molar-refractivity contribution in [1.29, 1.82) is 0 Å². The van der Waals surface area contributed by atoms with E-state index in [0.717, 1.165) is 0 Å². The number of carbonyl (C=O) groups excluding carboxylic acids is 1. The van der Waals surface area contributed by atoms with Crippen LogP contribution in [0.25, 0.3) is 0 Å². The van der Waals surface area contributed by atoms with E-state index >= 15 is 0 Å². The van der Waals surface area contributed by atoms with Gasteiger partial charge >= 0.3 is 6.18 Å². The molecular weight excluding hydrogens is 271 g/mol. The second kappa shape index (κ2) is 5.78. The fraction of sp³-hybridized carbons (Fsp3) is 0.538. The average molecular weight is 287 g/mol. The van der Waals surface area contributed by atoms with E-state index in [0.29, 0.717) is 24.2 Å². The molecule has 0 aromatic carbocycles. The fourth-order valence-corrected chi connectivity index (χ4v) is 2.33. The summed E-state index contributed by atoms with van der Waals surface area (Å²) in [5.41, 5.74) is 6.32. The summed E-state index contributed by atoms with van der Waals surface area (Å²) in [6.45, 7) is 0.264. The number of alkyl halides is 3. The number of hydrogen-bond donors (Lipinski definition) is 1. The van der Waals surface area contributed by atoms with Gasteiger partial charge in [0.1, 0.15) is 0 Å². The van der Waals surface area contributed by atoms with Crippen molar-refractivity contribution >= 4 is 5.91 Å². The van der Waals surface area contributed by atoms with Crippen LogP contribution in [0.3, 0.4) is 0 Å². The minimum Gasteiger partial charge on any atom is -0.338 e. The van der Waals surface area contributed by atoms with Crippen molar-refractivity contribution in [2.24, 2.45) is 11.7 Å². The minimum absolute atomic E-state index is 0.0810. The standard InChI is InChI=1S/C13H16F3N3O/c14-13(15,16)10-2-1-5-19(8-10)12(20)9-3-4-18-11(6-9)7-17/h3-4,6,10H,1-2,5,7-8,17H2. The average Bonchev–Trinajstić information content (AvgIpc) is 2.46. The minimum atomic E-state index is -4.25. The van der Waals surface area contributed by atoms with Crippen molar-refractivity contribution in [2.75, 3.05) is 13.1 Å². The molecule has 0 saturated carbocycles. The van der Waals surface area contributed by atoms with Gasteiger partial charge in [-0.3, -0.25) is 9.78 Å². The summed E-state index contributed by atoms with van der Waals surface area (Å²) >= 11 is 0. The van der Waals surface area contributed by atoms with Gasteiger partial charge in [-0.15, -0.1) is 0 Å². The lowest BCUT2D eigenvalue weighted by Gasteiger charge is -2.33. The van der Waals surface area contributed by atoms with Crippen LogP contribution in [-0.4, -0.2) is 35.1 Å². The van der Waals surface area contributed by atoms with Crippen LogP contribution in [0.4, 0.5) is 13.2 Å². The Hall–Kier alpha value is -1.63. The molecule has 110 valence electrons. The maximum absolute atomic E-state index is 12.7. The third kappa shape index (κ3) is 3.27. The summed E-state index contributed by atoms with van der Waals surface area (Å²) in [7, 11) is 0. The number of nitrogens with zero attached hydrogens (tertiary/aromatic N) is 2. The summed E-state index contributed by atoms with van der Waals surface area (Å²) in [6.07, 6.45) is -2.36. The lowest BCUT2D eigenvalue weighted by molar-refractivity contribution is -0.184. The third-order valence-corrected chi connectivity index (χ3v) is 3.44. The van der Waals surface area contributed by atoms with Crippen molar-refractivity contribution < 1.29 is 18.0 Å². The highest BCUT2D eigenvalue weighted by atomic mass is 19.4. The van der Waals surface area contributed by atoms with Gasteiger partial charge in [-0.1, -0.05) is 0 Å². The maximum Gasteiger partial charge on any atom is 0.393 e. The molecule has 2 rings (SSSR count). The molecule has 0 radical (unpaired) electrons. The highest BCUT2D eigenvalue weighted by molar-refractivity contribution is 5.94. The number of pyridine rings is 1. The van der Waals surface area contributed by atoms with Crippen LogP contribution < -0.4 is 5.73 Å². The van der Waals surface area contributed by atoms with Gasteiger partial charge in [-0.25, -0.2) is 0 Å². The van der Waals surface area contributed by atoms with Crippen LogP contribution in [0.1, 0.15) is 28.9 Å². The molecule has 1 saturated heterocycles. The van der Waals surface area contributed by atoms with Crippen LogP contribution in [0.15, 0.2) is 18.3 Å². The number of likely N-dealkylation sites (tertiary alicyclic amines) is 1. The second-order valence-electron chi connectivity index (χ2n) is 4.87. The Morgan fingerprint density at radius 2 is 2.25 bits per heavy atom. The van der Waals surface area contributed by atoms with Crippen LogP contribution in [0.2, 0.25) is 0 Å². The molecule has 2 heterocycles. The zero-order chi connectivity index (χ0) is 14.8. The van der Waals surface area contributed by atoms with Gasteiger partial charge in [0, 0.05) is 31.4 Å². The van der Waals surface area contributed by atoms with E-state index in [1.54, 1.807) is 0 Å². The van der Waals surface area contributed by atoms with Crippen LogP contribution in [0, 0.1) is 5.92 Å². The largest absolute Gasteiger partial charge is 0.393 e. The highest BCUT2D eigenvalue weighted by Gasteiger charge is 2.42. The molecule has 0 spiro atoms. The Morgan fingerprint density at radius 3 is 2.90 bits per heavy atom. The molecule has 1 aliphatic rings. The molecule has 20 heavy (non-hydrogen) atoms. The second-order valence-corrected chi connectivity index (χ2v) is 4.87. The van der Waals surface area contributed by atoms with E-state index in [1.165, 1.54) is 23.2 Å². The van der Waals surface area contributed by atoms with Crippen LogP contribution in [0.5, 0.6) is 0 Å². The lowest BCUT2D eigenvalue weighted by atomic mass is 9.97. The molecule has 0 aliphatic carbocycles. The summed E-state index contributed by atoms with van der Waals surface area (Å²) in [5.74, 6) is -1.83. The number of amides is 1. The summed E-state index contributed by atoms with van der Waals surface area (Å²) in [4.78, 5) is 17.5. The zero-order valence-electron chi connectivity index (χ0n) is 10.9. The predicted octanol–water partition coefficient (Wildman–Crippen LogP) is 1.95. The Balaban J connectivity index is 2.12. The van der Waals surface area contributed by atoms with Crippen molar-refractivity contribution in [3.05, 3.63) is 29.6 Å². The quantitative estimate of drug-likeness (QED) is 0.904. The number of aromatic nitrogens is 1. The van der Waals surface area contributed by atoms with Crippen molar-refractivity contribution in [2.45, 2.75) is 25.6 Å². The number of carbonyl (C=O) groups is 1. The molecule has 7 heteroatoms. The summed E-state index contributed by atoms with van der Waals surface area (Å²) in [5, 5.41) is 0. The number of piperidine rings is 1. The van der Waals surface area contributed by atoms with E-state index in [1.807, 2.05) is 0 Å².